The number of fused-ring (bicyclic) bond motifs is 1. The molecule has 0 radical (unpaired) electrons. The van der Waals surface area contributed by atoms with Crippen molar-refractivity contribution in [2.24, 2.45) is 17.3 Å². The fourth-order valence-corrected chi connectivity index (χ4v) is 4.31. The Morgan fingerprint density at radius 1 is 1.24 bits per heavy atom. The van der Waals surface area contributed by atoms with Gasteiger partial charge in [0, 0.05) is 17.4 Å². The average Bonchev–Trinajstić information content (AvgIpc) is 2.79. The van der Waals surface area contributed by atoms with Crippen LogP contribution in [0.25, 0.3) is 0 Å². The highest BCUT2D eigenvalue weighted by Gasteiger charge is 2.52. The van der Waals surface area contributed by atoms with Gasteiger partial charge in [-0.2, -0.15) is 0 Å². The van der Waals surface area contributed by atoms with Crippen molar-refractivity contribution in [3.8, 4) is 0 Å². The smallest absolute Gasteiger partial charge is 0.165 e. The third-order valence-electron chi connectivity index (χ3n) is 5.59. The summed E-state index contributed by atoms with van der Waals surface area (Å²) in [6.07, 6.45) is 5.86. The molecule has 4 nitrogen and oxygen atoms in total. The van der Waals surface area contributed by atoms with Gasteiger partial charge in [0.25, 0.3) is 0 Å². The van der Waals surface area contributed by atoms with Crippen LogP contribution in [0.5, 0.6) is 0 Å². The molecule has 0 spiro atoms. The van der Waals surface area contributed by atoms with Crippen molar-refractivity contribution in [2.45, 2.75) is 32.6 Å². The zero-order valence-electron chi connectivity index (χ0n) is 13.2. The van der Waals surface area contributed by atoms with Gasteiger partial charge in [-0.3, -0.25) is 4.79 Å². The summed E-state index contributed by atoms with van der Waals surface area (Å²) in [4.78, 5) is 13.0. The maximum Gasteiger partial charge on any atom is 0.165 e. The number of nitrogens with one attached hydrogen (secondary N) is 1. The molecule has 1 saturated carbocycles. The minimum atomic E-state index is -0.208. The van der Waals surface area contributed by atoms with Crippen LogP contribution in [0.1, 0.15) is 32.6 Å². The maximum atomic E-state index is 13.0. The van der Waals surface area contributed by atoms with E-state index in [9.17, 15) is 4.79 Å². The molecule has 0 amide bonds. The zero-order chi connectivity index (χ0) is 15.0. The Morgan fingerprint density at radius 3 is 2.57 bits per heavy atom. The van der Waals surface area contributed by atoms with Gasteiger partial charge in [0.05, 0.1) is 14.2 Å². The Bertz CT molecular complexity index is 502. The van der Waals surface area contributed by atoms with Gasteiger partial charge in [-0.05, 0) is 50.3 Å². The van der Waals surface area contributed by atoms with Crippen molar-refractivity contribution < 1.29 is 14.3 Å². The largest absolute Gasteiger partial charge is 0.497 e. The molecule has 116 valence electrons. The molecule has 1 heterocycles. The fourth-order valence-electron chi connectivity index (χ4n) is 4.31. The molecule has 0 aromatic rings. The summed E-state index contributed by atoms with van der Waals surface area (Å²) in [6.45, 7) is 4.23. The summed E-state index contributed by atoms with van der Waals surface area (Å²) >= 11 is 0. The van der Waals surface area contributed by atoms with E-state index in [1.807, 2.05) is 6.08 Å². The molecular formula is C17H25NO3. The van der Waals surface area contributed by atoms with Crippen molar-refractivity contribution in [1.82, 2.24) is 5.32 Å². The van der Waals surface area contributed by atoms with Gasteiger partial charge in [0.15, 0.2) is 11.5 Å². The Kier molecular flexibility index (Phi) is 3.82. The Balaban J connectivity index is 1.88. The number of methoxy groups -OCH3 is 2. The van der Waals surface area contributed by atoms with Crippen LogP contribution in [-0.4, -0.2) is 33.1 Å². The molecule has 0 bridgehead atoms. The van der Waals surface area contributed by atoms with E-state index in [1.165, 1.54) is 0 Å². The molecule has 1 N–H and O–H groups in total. The molecule has 2 fully saturated rings. The summed E-state index contributed by atoms with van der Waals surface area (Å²) < 4.78 is 10.8. The summed E-state index contributed by atoms with van der Waals surface area (Å²) in [6, 6.07) is 0. The lowest BCUT2D eigenvalue weighted by Gasteiger charge is -2.35. The first-order chi connectivity index (χ1) is 10.1. The van der Waals surface area contributed by atoms with Crippen molar-refractivity contribution in [3.05, 3.63) is 23.2 Å². The SMILES string of the molecule is COC1=C(OC)CC2CC(C)(C3CCNCC3)C(=O)C2=C1. The number of ketones is 1. The lowest BCUT2D eigenvalue weighted by Crippen LogP contribution is -2.39. The van der Waals surface area contributed by atoms with Gasteiger partial charge in [0.1, 0.15) is 5.76 Å². The van der Waals surface area contributed by atoms with Gasteiger partial charge in [0.2, 0.25) is 0 Å². The van der Waals surface area contributed by atoms with Gasteiger partial charge in [-0.1, -0.05) is 6.92 Å². The minimum Gasteiger partial charge on any atom is -0.497 e. The van der Waals surface area contributed by atoms with E-state index < -0.39 is 0 Å². The van der Waals surface area contributed by atoms with E-state index in [2.05, 4.69) is 12.2 Å². The first-order valence-corrected chi connectivity index (χ1v) is 7.88. The second-order valence-corrected chi connectivity index (χ2v) is 6.67. The number of allylic oxidation sites excluding steroid dienone is 3. The number of piperidine rings is 1. The normalized spacial score (nSPS) is 33.8. The molecule has 0 aromatic carbocycles. The molecule has 3 rings (SSSR count). The van der Waals surface area contributed by atoms with Crippen molar-refractivity contribution >= 4 is 5.78 Å². The van der Waals surface area contributed by atoms with Crippen molar-refractivity contribution in [2.75, 3.05) is 27.3 Å². The predicted molar refractivity (Wildman–Crippen MR) is 80.6 cm³/mol. The summed E-state index contributed by atoms with van der Waals surface area (Å²) in [5.74, 6) is 2.71. The van der Waals surface area contributed by atoms with E-state index in [4.69, 9.17) is 9.47 Å². The maximum absolute atomic E-state index is 13.0. The number of hydrogen-bond donors (Lipinski definition) is 1. The average molecular weight is 291 g/mol. The topological polar surface area (TPSA) is 47.6 Å². The monoisotopic (exact) mass is 291 g/mol. The zero-order valence-corrected chi connectivity index (χ0v) is 13.2. The van der Waals surface area contributed by atoms with Crippen LogP contribution in [0, 0.1) is 17.3 Å². The van der Waals surface area contributed by atoms with Crippen LogP contribution in [-0.2, 0) is 14.3 Å². The Hall–Kier alpha value is -1.29. The van der Waals surface area contributed by atoms with Gasteiger partial charge in [-0.25, -0.2) is 0 Å². The van der Waals surface area contributed by atoms with Crippen LogP contribution in [0.4, 0.5) is 0 Å². The molecule has 4 heteroatoms. The lowest BCUT2D eigenvalue weighted by molar-refractivity contribution is -0.125. The number of hydrogen-bond acceptors (Lipinski definition) is 4. The molecular weight excluding hydrogens is 266 g/mol. The number of ether oxygens (including phenoxy) is 2. The van der Waals surface area contributed by atoms with E-state index in [1.54, 1.807) is 14.2 Å². The van der Waals surface area contributed by atoms with Crippen LogP contribution < -0.4 is 5.32 Å². The second kappa shape index (κ2) is 5.48. The number of Topliss-reactive ketones (excluding diaryl/α,β-unsaturated/α-hetero) is 1. The predicted octanol–water partition coefficient (Wildman–Crippen LogP) is 2.42. The molecule has 21 heavy (non-hydrogen) atoms. The van der Waals surface area contributed by atoms with E-state index in [0.29, 0.717) is 23.4 Å². The van der Waals surface area contributed by atoms with Crippen LogP contribution in [0.2, 0.25) is 0 Å². The Labute approximate surface area is 126 Å². The quantitative estimate of drug-likeness (QED) is 0.867. The summed E-state index contributed by atoms with van der Waals surface area (Å²) in [5, 5.41) is 3.39. The minimum absolute atomic E-state index is 0.208. The van der Waals surface area contributed by atoms with Crippen LogP contribution in [0.3, 0.4) is 0 Å². The van der Waals surface area contributed by atoms with E-state index in [0.717, 1.165) is 50.1 Å². The number of rotatable bonds is 3. The van der Waals surface area contributed by atoms with Crippen molar-refractivity contribution in [3.63, 3.8) is 0 Å². The third kappa shape index (κ3) is 2.30. The molecule has 3 aliphatic rings. The van der Waals surface area contributed by atoms with Crippen LogP contribution >= 0.6 is 0 Å². The van der Waals surface area contributed by atoms with E-state index >= 15 is 0 Å². The lowest BCUT2D eigenvalue weighted by atomic mass is 9.70. The number of carbonyl (C=O) groups excluding carboxylic acids is 1. The highest BCUT2D eigenvalue weighted by atomic mass is 16.5. The summed E-state index contributed by atoms with van der Waals surface area (Å²) in [5.41, 5.74) is 0.745. The second-order valence-electron chi connectivity index (χ2n) is 6.67. The van der Waals surface area contributed by atoms with Gasteiger partial charge in [-0.15, -0.1) is 0 Å². The molecule has 1 aliphatic heterocycles. The first-order valence-electron chi connectivity index (χ1n) is 7.88. The standard InChI is InChI=1S/C17H25NO3/c1-17(12-4-6-18-7-5-12)10-11-8-14(20-2)15(21-3)9-13(11)16(17)19/h9,11-12,18H,4-8,10H2,1-3H3. The molecule has 2 atom stereocenters. The number of carbonyl (C=O) groups is 1. The third-order valence-corrected chi connectivity index (χ3v) is 5.59. The van der Waals surface area contributed by atoms with Crippen LogP contribution in [0.15, 0.2) is 23.2 Å². The van der Waals surface area contributed by atoms with Crippen molar-refractivity contribution in [1.29, 1.82) is 0 Å². The molecule has 2 aliphatic carbocycles. The molecule has 0 aromatic heterocycles. The van der Waals surface area contributed by atoms with Gasteiger partial charge >= 0.3 is 0 Å². The summed E-state index contributed by atoms with van der Waals surface area (Å²) in [7, 11) is 3.31. The molecule has 2 unspecified atom stereocenters. The highest BCUT2D eigenvalue weighted by Crippen LogP contribution is 2.52. The molecule has 1 saturated heterocycles. The first kappa shape index (κ1) is 14.6. The Morgan fingerprint density at radius 2 is 1.95 bits per heavy atom. The van der Waals surface area contributed by atoms with Gasteiger partial charge < -0.3 is 14.8 Å². The van der Waals surface area contributed by atoms with E-state index in [-0.39, 0.29) is 5.41 Å². The highest BCUT2D eigenvalue weighted by molar-refractivity contribution is 6.03. The fraction of sp³-hybridized carbons (Fsp3) is 0.706.